The number of nitrogens with zero attached hydrogens (tertiary/aromatic N) is 2. The highest BCUT2D eigenvalue weighted by molar-refractivity contribution is 5.81. The summed E-state index contributed by atoms with van der Waals surface area (Å²) >= 11 is 0. The summed E-state index contributed by atoms with van der Waals surface area (Å²) in [5.41, 5.74) is 2.69. The van der Waals surface area contributed by atoms with Gasteiger partial charge in [0.1, 0.15) is 5.65 Å². The first-order valence-corrected chi connectivity index (χ1v) is 6.18. The molecule has 2 nitrogen and oxygen atoms in total. The maximum atomic E-state index is 4.54. The summed E-state index contributed by atoms with van der Waals surface area (Å²) in [4.78, 5) is 4.54. The van der Waals surface area contributed by atoms with E-state index < -0.39 is 0 Å². The van der Waals surface area contributed by atoms with Crippen molar-refractivity contribution in [3.05, 3.63) is 30.1 Å². The molecule has 0 aliphatic carbocycles. The van der Waals surface area contributed by atoms with E-state index in [0.29, 0.717) is 0 Å². The van der Waals surface area contributed by atoms with E-state index in [-0.39, 0.29) is 11.0 Å². The zero-order valence-corrected chi connectivity index (χ0v) is 11.7. The lowest BCUT2D eigenvalue weighted by atomic mass is 9.86. The summed E-state index contributed by atoms with van der Waals surface area (Å²) < 4.78 is 2.25. The molecule has 0 unspecified atom stereocenters. The smallest absolute Gasteiger partial charge is 0.140 e. The number of aromatic nitrogens is 2. The molecular weight excluding hydrogens is 208 g/mol. The van der Waals surface area contributed by atoms with Gasteiger partial charge in [-0.25, -0.2) is 4.98 Å². The topological polar surface area (TPSA) is 17.8 Å². The molecule has 2 aromatic rings. The van der Waals surface area contributed by atoms with Gasteiger partial charge in [0.25, 0.3) is 0 Å². The molecule has 0 spiro atoms. The minimum Gasteiger partial charge on any atom is -0.327 e. The fourth-order valence-electron chi connectivity index (χ4n) is 2.23. The predicted octanol–water partition coefficient (Wildman–Crippen LogP) is 4.09. The van der Waals surface area contributed by atoms with Crippen LogP contribution in [0, 0.1) is 0 Å². The molecule has 0 aromatic carbocycles. The molecule has 0 saturated heterocycles. The summed E-state index contributed by atoms with van der Waals surface area (Å²) in [6.45, 7) is 13.4. The van der Waals surface area contributed by atoms with Crippen LogP contribution >= 0.6 is 0 Å². The second kappa shape index (κ2) is 3.59. The Morgan fingerprint density at radius 2 is 1.65 bits per heavy atom. The van der Waals surface area contributed by atoms with E-state index in [9.17, 15) is 0 Å². The number of rotatable bonds is 0. The van der Waals surface area contributed by atoms with E-state index >= 15 is 0 Å². The van der Waals surface area contributed by atoms with Crippen LogP contribution in [0.4, 0.5) is 0 Å². The second-order valence-electron chi connectivity index (χ2n) is 6.70. The molecule has 0 bridgehead atoms. The first-order valence-electron chi connectivity index (χ1n) is 6.18. The molecule has 2 heterocycles. The molecule has 92 valence electrons. The Hall–Kier alpha value is -1.31. The van der Waals surface area contributed by atoms with Crippen LogP contribution in [-0.4, -0.2) is 9.55 Å². The average molecular weight is 230 g/mol. The molecule has 0 radical (unpaired) electrons. The Morgan fingerprint density at radius 3 is 2.18 bits per heavy atom. The van der Waals surface area contributed by atoms with E-state index in [1.165, 1.54) is 10.9 Å². The highest BCUT2D eigenvalue weighted by Gasteiger charge is 2.21. The van der Waals surface area contributed by atoms with Crippen LogP contribution in [0.1, 0.15) is 47.1 Å². The van der Waals surface area contributed by atoms with E-state index in [0.717, 1.165) is 5.65 Å². The third kappa shape index (κ3) is 2.08. The van der Waals surface area contributed by atoms with Crippen LogP contribution in [0.3, 0.4) is 0 Å². The van der Waals surface area contributed by atoms with Gasteiger partial charge < -0.3 is 4.57 Å². The molecule has 0 N–H and O–H groups in total. The Morgan fingerprint density at radius 1 is 1.00 bits per heavy atom. The fourth-order valence-corrected chi connectivity index (χ4v) is 2.23. The lowest BCUT2D eigenvalue weighted by Gasteiger charge is -2.23. The average Bonchev–Trinajstić information content (AvgIpc) is 2.57. The standard InChI is InChI=1S/C15H22N2/c1-14(2,3)12-7-9-16-13-11(12)8-10-17(13)15(4,5)6/h7-10H,1-6H3. The number of hydrogen-bond donors (Lipinski definition) is 0. The molecule has 2 aromatic heterocycles. The van der Waals surface area contributed by atoms with Crippen LogP contribution in [0.15, 0.2) is 24.5 Å². The van der Waals surface area contributed by atoms with Gasteiger partial charge in [0.2, 0.25) is 0 Å². The summed E-state index contributed by atoms with van der Waals surface area (Å²) in [6, 6.07) is 4.32. The van der Waals surface area contributed by atoms with Gasteiger partial charge in [-0.3, -0.25) is 0 Å². The molecule has 0 aliphatic heterocycles. The lowest BCUT2D eigenvalue weighted by Crippen LogP contribution is -2.21. The largest absolute Gasteiger partial charge is 0.327 e. The van der Waals surface area contributed by atoms with E-state index in [2.05, 4.69) is 69.4 Å². The minimum absolute atomic E-state index is 0.0747. The van der Waals surface area contributed by atoms with Crippen molar-refractivity contribution in [1.29, 1.82) is 0 Å². The van der Waals surface area contributed by atoms with Crippen LogP contribution in [-0.2, 0) is 11.0 Å². The maximum absolute atomic E-state index is 4.54. The summed E-state index contributed by atoms with van der Waals surface area (Å²) in [5.74, 6) is 0. The quantitative estimate of drug-likeness (QED) is 0.666. The maximum Gasteiger partial charge on any atom is 0.140 e. The molecular formula is C15H22N2. The van der Waals surface area contributed by atoms with Crippen LogP contribution in [0.5, 0.6) is 0 Å². The van der Waals surface area contributed by atoms with Crippen molar-refractivity contribution in [1.82, 2.24) is 9.55 Å². The van der Waals surface area contributed by atoms with Crippen molar-refractivity contribution in [2.45, 2.75) is 52.5 Å². The Bertz CT molecular complexity index is 536. The van der Waals surface area contributed by atoms with Gasteiger partial charge in [-0.05, 0) is 43.9 Å². The van der Waals surface area contributed by atoms with Crippen molar-refractivity contribution in [3.63, 3.8) is 0 Å². The summed E-state index contributed by atoms with van der Waals surface area (Å²) in [7, 11) is 0. The zero-order chi connectivity index (χ0) is 12.8. The fraction of sp³-hybridized carbons (Fsp3) is 0.533. The first kappa shape index (κ1) is 12.2. The molecule has 0 aliphatic rings. The summed E-state index contributed by atoms with van der Waals surface area (Å²) in [5, 5.41) is 1.27. The van der Waals surface area contributed by atoms with Crippen molar-refractivity contribution in [2.24, 2.45) is 0 Å². The molecule has 0 amide bonds. The van der Waals surface area contributed by atoms with Crippen molar-refractivity contribution >= 4 is 11.0 Å². The van der Waals surface area contributed by atoms with Crippen molar-refractivity contribution < 1.29 is 0 Å². The SMILES string of the molecule is CC(C)(C)c1ccnc2c1ccn2C(C)(C)C. The minimum atomic E-state index is 0.0747. The van der Waals surface area contributed by atoms with Gasteiger partial charge >= 0.3 is 0 Å². The number of pyridine rings is 1. The first-order chi connectivity index (χ1) is 7.71. The highest BCUT2D eigenvalue weighted by atomic mass is 15.1. The Labute approximate surface area is 104 Å². The van der Waals surface area contributed by atoms with Gasteiger partial charge in [0.05, 0.1) is 0 Å². The second-order valence-corrected chi connectivity index (χ2v) is 6.70. The summed E-state index contributed by atoms with van der Waals surface area (Å²) in [6.07, 6.45) is 4.07. The molecule has 2 heteroatoms. The lowest BCUT2D eigenvalue weighted by molar-refractivity contribution is 0.408. The Balaban J connectivity index is 2.74. The molecule has 2 rings (SSSR count). The third-order valence-corrected chi connectivity index (χ3v) is 3.12. The predicted molar refractivity (Wildman–Crippen MR) is 73.4 cm³/mol. The molecule has 0 fully saturated rings. The van der Waals surface area contributed by atoms with Gasteiger partial charge in [-0.1, -0.05) is 20.8 Å². The van der Waals surface area contributed by atoms with Crippen LogP contribution < -0.4 is 0 Å². The van der Waals surface area contributed by atoms with Gasteiger partial charge in [0.15, 0.2) is 0 Å². The Kier molecular flexibility index (Phi) is 2.57. The zero-order valence-electron chi connectivity index (χ0n) is 11.7. The molecule has 0 saturated carbocycles. The third-order valence-electron chi connectivity index (χ3n) is 3.12. The monoisotopic (exact) mass is 230 g/mol. The van der Waals surface area contributed by atoms with E-state index in [1.54, 1.807) is 0 Å². The number of hydrogen-bond acceptors (Lipinski definition) is 1. The van der Waals surface area contributed by atoms with E-state index in [1.807, 2.05) is 6.20 Å². The van der Waals surface area contributed by atoms with Gasteiger partial charge in [0, 0.05) is 23.3 Å². The van der Waals surface area contributed by atoms with Crippen molar-refractivity contribution in [2.75, 3.05) is 0 Å². The van der Waals surface area contributed by atoms with Gasteiger partial charge in [-0.15, -0.1) is 0 Å². The molecule has 17 heavy (non-hydrogen) atoms. The normalized spacial score (nSPS) is 13.3. The van der Waals surface area contributed by atoms with Crippen LogP contribution in [0.2, 0.25) is 0 Å². The van der Waals surface area contributed by atoms with E-state index in [4.69, 9.17) is 0 Å². The van der Waals surface area contributed by atoms with Gasteiger partial charge in [-0.2, -0.15) is 0 Å². The van der Waals surface area contributed by atoms with Crippen molar-refractivity contribution in [3.8, 4) is 0 Å². The van der Waals surface area contributed by atoms with Crippen LogP contribution in [0.25, 0.3) is 11.0 Å². The highest BCUT2D eigenvalue weighted by Crippen LogP contribution is 2.31. The molecule has 0 atom stereocenters. The number of fused-ring (bicyclic) bond motifs is 1.